The molecular formula is C13H13ClIN3. The van der Waals surface area contributed by atoms with Crippen LogP contribution in [0.5, 0.6) is 0 Å². The lowest BCUT2D eigenvalue weighted by Crippen LogP contribution is -2.03. The van der Waals surface area contributed by atoms with Crippen LogP contribution in [0, 0.1) is 10.5 Å². The van der Waals surface area contributed by atoms with Crippen LogP contribution >= 0.6 is 34.2 Å². The second kappa shape index (κ2) is 5.48. The van der Waals surface area contributed by atoms with Gasteiger partial charge in [0.25, 0.3) is 0 Å². The van der Waals surface area contributed by atoms with Crippen LogP contribution in [0.15, 0.2) is 18.5 Å². The molecule has 0 aromatic carbocycles. The van der Waals surface area contributed by atoms with Gasteiger partial charge in [-0.3, -0.25) is 4.98 Å². The molecule has 0 fully saturated rings. The third kappa shape index (κ3) is 2.64. The van der Waals surface area contributed by atoms with Crippen molar-refractivity contribution in [1.29, 1.82) is 0 Å². The third-order valence-electron chi connectivity index (χ3n) is 2.66. The molecule has 0 bridgehead atoms. The van der Waals surface area contributed by atoms with E-state index in [0.717, 1.165) is 20.4 Å². The molecule has 18 heavy (non-hydrogen) atoms. The van der Waals surface area contributed by atoms with Gasteiger partial charge in [0.2, 0.25) is 0 Å². The topological polar surface area (TPSA) is 38.7 Å². The number of halogens is 2. The summed E-state index contributed by atoms with van der Waals surface area (Å²) in [5, 5.41) is 0.507. The summed E-state index contributed by atoms with van der Waals surface area (Å²) < 4.78 is 0.926. The molecule has 0 spiro atoms. The molecule has 0 N–H and O–H groups in total. The number of nitrogens with zero attached hydrogens (tertiary/aromatic N) is 3. The molecule has 0 amide bonds. The van der Waals surface area contributed by atoms with Crippen molar-refractivity contribution < 1.29 is 0 Å². The Morgan fingerprint density at radius 3 is 2.61 bits per heavy atom. The van der Waals surface area contributed by atoms with Gasteiger partial charge in [0.1, 0.15) is 5.15 Å². The van der Waals surface area contributed by atoms with Crippen LogP contribution in [-0.2, 0) is 0 Å². The highest BCUT2D eigenvalue weighted by molar-refractivity contribution is 14.1. The number of hydrogen-bond donors (Lipinski definition) is 0. The number of hydrogen-bond acceptors (Lipinski definition) is 3. The maximum absolute atomic E-state index is 6.19. The fourth-order valence-electron chi connectivity index (χ4n) is 1.64. The first kappa shape index (κ1) is 13.7. The summed E-state index contributed by atoms with van der Waals surface area (Å²) in [6.07, 6.45) is 3.54. The van der Waals surface area contributed by atoms with Gasteiger partial charge >= 0.3 is 0 Å². The second-order valence-electron chi connectivity index (χ2n) is 4.38. The Balaban J connectivity index is 2.63. The third-order valence-corrected chi connectivity index (χ3v) is 4.32. The number of pyridine rings is 1. The Kier molecular flexibility index (Phi) is 4.17. The summed E-state index contributed by atoms with van der Waals surface area (Å²) in [6.45, 7) is 6.21. The van der Waals surface area contributed by atoms with Crippen LogP contribution in [0.25, 0.3) is 11.4 Å². The highest BCUT2D eigenvalue weighted by Gasteiger charge is 2.15. The van der Waals surface area contributed by atoms with E-state index in [0.29, 0.717) is 16.9 Å². The van der Waals surface area contributed by atoms with E-state index in [1.165, 1.54) is 0 Å². The number of aryl methyl sites for hydroxylation is 1. The highest BCUT2D eigenvalue weighted by Crippen LogP contribution is 2.28. The predicted molar refractivity (Wildman–Crippen MR) is 81.8 cm³/mol. The van der Waals surface area contributed by atoms with Gasteiger partial charge in [-0.1, -0.05) is 25.4 Å². The molecule has 2 aromatic heterocycles. The summed E-state index contributed by atoms with van der Waals surface area (Å²) in [6, 6.07) is 1.94. The molecule has 0 aliphatic heterocycles. The van der Waals surface area contributed by atoms with Crippen LogP contribution in [-0.4, -0.2) is 15.0 Å². The van der Waals surface area contributed by atoms with Gasteiger partial charge in [0.15, 0.2) is 5.82 Å². The zero-order valence-corrected chi connectivity index (χ0v) is 13.3. The van der Waals surface area contributed by atoms with Crippen LogP contribution in [0.4, 0.5) is 0 Å². The van der Waals surface area contributed by atoms with Crippen LogP contribution < -0.4 is 0 Å². The fourth-order valence-corrected chi connectivity index (χ4v) is 2.68. The second-order valence-corrected chi connectivity index (χ2v) is 5.82. The molecule has 0 unspecified atom stereocenters. The zero-order chi connectivity index (χ0) is 13.3. The molecule has 0 saturated carbocycles. The first-order valence-electron chi connectivity index (χ1n) is 5.64. The van der Waals surface area contributed by atoms with E-state index in [1.807, 2.05) is 13.0 Å². The van der Waals surface area contributed by atoms with Crippen LogP contribution in [0.1, 0.15) is 31.0 Å². The SMILES string of the molecule is Cc1ccncc1-c1nc(Cl)c(I)c(C(C)C)n1. The summed E-state index contributed by atoms with van der Waals surface area (Å²) >= 11 is 8.38. The summed E-state index contributed by atoms with van der Waals surface area (Å²) in [7, 11) is 0. The quantitative estimate of drug-likeness (QED) is 0.584. The zero-order valence-electron chi connectivity index (χ0n) is 10.4. The Morgan fingerprint density at radius 2 is 2.00 bits per heavy atom. The molecule has 2 aromatic rings. The van der Waals surface area contributed by atoms with E-state index >= 15 is 0 Å². The van der Waals surface area contributed by atoms with Gasteiger partial charge in [0.05, 0.1) is 9.26 Å². The van der Waals surface area contributed by atoms with Gasteiger partial charge < -0.3 is 0 Å². The van der Waals surface area contributed by atoms with E-state index in [9.17, 15) is 0 Å². The first-order chi connectivity index (χ1) is 8.50. The van der Waals surface area contributed by atoms with E-state index in [4.69, 9.17) is 11.6 Å². The first-order valence-corrected chi connectivity index (χ1v) is 7.10. The van der Waals surface area contributed by atoms with E-state index < -0.39 is 0 Å². The van der Waals surface area contributed by atoms with Crippen molar-refractivity contribution >= 4 is 34.2 Å². The lowest BCUT2D eigenvalue weighted by molar-refractivity contribution is 0.808. The van der Waals surface area contributed by atoms with Crippen molar-refractivity contribution in [3.63, 3.8) is 0 Å². The van der Waals surface area contributed by atoms with E-state index in [-0.39, 0.29) is 0 Å². The molecule has 0 saturated heterocycles. The predicted octanol–water partition coefficient (Wildman–Crippen LogP) is 4.23. The van der Waals surface area contributed by atoms with Gasteiger partial charge in [0, 0.05) is 18.0 Å². The van der Waals surface area contributed by atoms with E-state index in [2.05, 4.69) is 51.4 Å². The average molecular weight is 374 g/mol. The lowest BCUT2D eigenvalue weighted by Gasteiger charge is -2.11. The smallest absolute Gasteiger partial charge is 0.163 e. The maximum Gasteiger partial charge on any atom is 0.163 e. The molecule has 2 rings (SSSR count). The standard InChI is InChI=1S/C13H13ClIN3/c1-7(2)11-10(15)12(14)18-13(17-11)9-6-16-5-4-8(9)3/h4-7H,1-3H3. The molecule has 0 atom stereocenters. The fraction of sp³-hybridized carbons (Fsp3) is 0.308. The minimum atomic E-state index is 0.313. The van der Waals surface area contributed by atoms with Gasteiger partial charge in [-0.15, -0.1) is 0 Å². The molecule has 3 nitrogen and oxygen atoms in total. The lowest BCUT2D eigenvalue weighted by atomic mass is 10.1. The number of aromatic nitrogens is 3. The average Bonchev–Trinajstić information content (AvgIpc) is 2.33. The molecule has 0 aliphatic carbocycles. The monoisotopic (exact) mass is 373 g/mol. The molecule has 0 aliphatic rings. The van der Waals surface area contributed by atoms with E-state index in [1.54, 1.807) is 12.4 Å². The summed E-state index contributed by atoms with van der Waals surface area (Å²) in [5.41, 5.74) is 3.00. The van der Waals surface area contributed by atoms with Crippen LogP contribution in [0.2, 0.25) is 5.15 Å². The molecule has 5 heteroatoms. The van der Waals surface area contributed by atoms with Gasteiger partial charge in [-0.25, -0.2) is 9.97 Å². The maximum atomic E-state index is 6.19. The van der Waals surface area contributed by atoms with Crippen molar-refractivity contribution in [2.24, 2.45) is 0 Å². The normalized spacial score (nSPS) is 11.0. The molecule has 2 heterocycles. The number of rotatable bonds is 2. The highest BCUT2D eigenvalue weighted by atomic mass is 127. The Bertz CT molecular complexity index is 584. The van der Waals surface area contributed by atoms with Crippen molar-refractivity contribution in [1.82, 2.24) is 15.0 Å². The molecule has 0 radical (unpaired) electrons. The van der Waals surface area contributed by atoms with Crippen molar-refractivity contribution in [3.8, 4) is 11.4 Å². The molecular weight excluding hydrogens is 361 g/mol. The van der Waals surface area contributed by atoms with Crippen LogP contribution in [0.3, 0.4) is 0 Å². The Labute approximate surface area is 125 Å². The Hall–Kier alpha value is -0.750. The summed E-state index contributed by atoms with van der Waals surface area (Å²) in [4.78, 5) is 13.1. The minimum Gasteiger partial charge on any atom is -0.264 e. The van der Waals surface area contributed by atoms with Gasteiger partial charge in [-0.05, 0) is 47.1 Å². The Morgan fingerprint density at radius 1 is 1.28 bits per heavy atom. The van der Waals surface area contributed by atoms with Gasteiger partial charge in [-0.2, -0.15) is 0 Å². The largest absolute Gasteiger partial charge is 0.264 e. The summed E-state index contributed by atoms with van der Waals surface area (Å²) in [5.74, 6) is 0.961. The minimum absolute atomic E-state index is 0.313. The van der Waals surface area contributed by atoms with Crippen molar-refractivity contribution in [3.05, 3.63) is 38.4 Å². The van der Waals surface area contributed by atoms with Crippen molar-refractivity contribution in [2.45, 2.75) is 26.7 Å². The molecule has 94 valence electrons. The van der Waals surface area contributed by atoms with Crippen molar-refractivity contribution in [2.75, 3.05) is 0 Å².